The van der Waals surface area contributed by atoms with E-state index in [1.54, 1.807) is 0 Å². The minimum absolute atomic E-state index is 0.117. The van der Waals surface area contributed by atoms with Crippen molar-refractivity contribution in [1.29, 1.82) is 0 Å². The number of rotatable bonds is 8. The quantitative estimate of drug-likeness (QED) is 0.410. The molecule has 1 aliphatic rings. The molecular weight excluding hydrogens is 274 g/mol. The van der Waals surface area contributed by atoms with E-state index in [1.807, 2.05) is 0 Å². The van der Waals surface area contributed by atoms with Crippen molar-refractivity contribution in [2.24, 2.45) is 5.73 Å². The summed E-state index contributed by atoms with van der Waals surface area (Å²) in [6.45, 7) is 8.64. The predicted octanol–water partition coefficient (Wildman–Crippen LogP) is 1.01. The Balaban J connectivity index is 2.28. The summed E-state index contributed by atoms with van der Waals surface area (Å²) >= 11 is 5.10. The van der Waals surface area contributed by atoms with Gasteiger partial charge in [0.25, 0.3) is 0 Å². The molecular formula is C14H27N3O2S. The van der Waals surface area contributed by atoms with E-state index in [0.29, 0.717) is 18.1 Å². The smallest absolute Gasteiger partial charge is 0.320 e. The van der Waals surface area contributed by atoms with Gasteiger partial charge in [-0.3, -0.25) is 14.6 Å². The summed E-state index contributed by atoms with van der Waals surface area (Å²) in [6, 6.07) is 0.184. The normalized spacial score (nSPS) is 18.7. The van der Waals surface area contributed by atoms with Crippen LogP contribution in [-0.4, -0.2) is 66.1 Å². The van der Waals surface area contributed by atoms with E-state index in [-0.39, 0.29) is 12.0 Å². The fraction of sp³-hybridized carbons (Fsp3) is 0.857. The second-order valence-corrected chi connectivity index (χ2v) is 5.68. The Hall–Kier alpha value is -0.720. The van der Waals surface area contributed by atoms with Crippen LogP contribution in [0.4, 0.5) is 0 Å². The molecule has 116 valence electrons. The second-order valence-electron chi connectivity index (χ2n) is 5.21. The van der Waals surface area contributed by atoms with Gasteiger partial charge >= 0.3 is 5.97 Å². The number of thiocarbonyl (C=S) groups is 1. The van der Waals surface area contributed by atoms with Gasteiger partial charge in [-0.2, -0.15) is 0 Å². The van der Waals surface area contributed by atoms with E-state index in [1.165, 1.54) is 0 Å². The summed E-state index contributed by atoms with van der Waals surface area (Å²) in [4.78, 5) is 16.7. The van der Waals surface area contributed by atoms with Gasteiger partial charge in [-0.25, -0.2) is 0 Å². The summed E-state index contributed by atoms with van der Waals surface area (Å²) in [7, 11) is 0. The van der Waals surface area contributed by atoms with Gasteiger partial charge in [0.05, 0.1) is 24.2 Å². The molecule has 20 heavy (non-hydrogen) atoms. The molecule has 0 amide bonds. The van der Waals surface area contributed by atoms with Crippen LogP contribution in [0, 0.1) is 0 Å². The number of ether oxygens (including phenoxy) is 1. The molecule has 0 aliphatic carbocycles. The second kappa shape index (κ2) is 9.26. The van der Waals surface area contributed by atoms with Crippen LogP contribution >= 0.6 is 12.2 Å². The molecule has 0 bridgehead atoms. The van der Waals surface area contributed by atoms with E-state index in [4.69, 9.17) is 22.7 Å². The molecule has 0 saturated carbocycles. The van der Waals surface area contributed by atoms with Gasteiger partial charge in [-0.1, -0.05) is 32.5 Å². The molecule has 2 N–H and O–H groups in total. The highest BCUT2D eigenvalue weighted by atomic mass is 32.1. The first kappa shape index (κ1) is 17.3. The van der Waals surface area contributed by atoms with Crippen LogP contribution in [0.25, 0.3) is 0 Å². The Morgan fingerprint density at radius 3 is 2.45 bits per heavy atom. The fourth-order valence-electron chi connectivity index (χ4n) is 2.43. The van der Waals surface area contributed by atoms with Gasteiger partial charge < -0.3 is 10.5 Å². The predicted molar refractivity (Wildman–Crippen MR) is 84.7 cm³/mol. The first-order valence-corrected chi connectivity index (χ1v) is 7.90. The Bertz CT molecular complexity index is 318. The number of carbonyl (C=O) groups is 1. The van der Waals surface area contributed by atoms with E-state index >= 15 is 0 Å². The molecule has 1 rings (SSSR count). The molecule has 1 saturated heterocycles. The Morgan fingerprint density at radius 2 is 1.95 bits per heavy atom. The van der Waals surface area contributed by atoms with Crippen molar-refractivity contribution in [2.45, 2.75) is 39.2 Å². The topological polar surface area (TPSA) is 58.8 Å². The standard InChI is InChI=1S/C14H27N3O2S/c1-3-5-10-19-13(18)11-16-6-8-17(9-7-16)12(4-2)14(15)20/h12H,3-11H2,1-2H3,(H2,15,20). The van der Waals surface area contributed by atoms with Crippen LogP contribution < -0.4 is 5.73 Å². The molecule has 0 aromatic carbocycles. The minimum Gasteiger partial charge on any atom is -0.465 e. The SMILES string of the molecule is CCCCOC(=O)CN1CCN(C(CC)C(N)=S)CC1. The summed E-state index contributed by atoms with van der Waals surface area (Å²) in [5.74, 6) is -0.117. The van der Waals surface area contributed by atoms with Crippen LogP contribution in [0.15, 0.2) is 0 Å². The number of piperazine rings is 1. The van der Waals surface area contributed by atoms with Gasteiger partial charge in [0.15, 0.2) is 0 Å². The van der Waals surface area contributed by atoms with Crippen molar-refractivity contribution >= 4 is 23.2 Å². The molecule has 0 radical (unpaired) electrons. The average Bonchev–Trinajstić information content (AvgIpc) is 2.41. The monoisotopic (exact) mass is 301 g/mol. The number of nitrogens with zero attached hydrogens (tertiary/aromatic N) is 2. The molecule has 1 atom stereocenters. The first-order valence-electron chi connectivity index (χ1n) is 7.49. The maximum Gasteiger partial charge on any atom is 0.320 e. The van der Waals surface area contributed by atoms with Crippen LogP contribution in [-0.2, 0) is 9.53 Å². The summed E-state index contributed by atoms with van der Waals surface area (Å²) < 4.78 is 5.18. The molecule has 1 heterocycles. The lowest BCUT2D eigenvalue weighted by Gasteiger charge is -2.38. The van der Waals surface area contributed by atoms with Crippen molar-refractivity contribution in [3.8, 4) is 0 Å². The Labute approximate surface area is 127 Å². The maximum absolute atomic E-state index is 11.6. The van der Waals surface area contributed by atoms with E-state index in [9.17, 15) is 4.79 Å². The molecule has 1 aliphatic heterocycles. The van der Waals surface area contributed by atoms with Crippen molar-refractivity contribution in [3.63, 3.8) is 0 Å². The Kier molecular flexibility index (Phi) is 8.02. The van der Waals surface area contributed by atoms with E-state index < -0.39 is 0 Å². The lowest BCUT2D eigenvalue weighted by Crippen LogP contribution is -2.54. The summed E-state index contributed by atoms with van der Waals surface area (Å²) in [6.07, 6.45) is 2.92. The highest BCUT2D eigenvalue weighted by molar-refractivity contribution is 7.80. The third-order valence-corrected chi connectivity index (χ3v) is 3.95. The molecule has 0 spiro atoms. The number of unbranched alkanes of at least 4 members (excludes halogenated alkanes) is 1. The molecule has 1 unspecified atom stereocenters. The van der Waals surface area contributed by atoms with Crippen molar-refractivity contribution in [1.82, 2.24) is 9.80 Å². The average molecular weight is 301 g/mol. The molecule has 0 aromatic rings. The van der Waals surface area contributed by atoms with Crippen LogP contribution in [0.2, 0.25) is 0 Å². The zero-order chi connectivity index (χ0) is 15.0. The van der Waals surface area contributed by atoms with Gasteiger partial charge in [0.2, 0.25) is 0 Å². The van der Waals surface area contributed by atoms with E-state index in [2.05, 4.69) is 23.6 Å². The number of hydrogen-bond donors (Lipinski definition) is 1. The van der Waals surface area contributed by atoms with Crippen LogP contribution in [0.5, 0.6) is 0 Å². The van der Waals surface area contributed by atoms with Gasteiger partial charge in [-0.15, -0.1) is 0 Å². The van der Waals surface area contributed by atoms with Crippen LogP contribution in [0.1, 0.15) is 33.1 Å². The van der Waals surface area contributed by atoms with Crippen molar-refractivity contribution in [2.75, 3.05) is 39.3 Å². The van der Waals surface area contributed by atoms with Gasteiger partial charge in [0, 0.05) is 26.2 Å². The summed E-state index contributed by atoms with van der Waals surface area (Å²) in [5.41, 5.74) is 5.76. The van der Waals surface area contributed by atoms with Gasteiger partial charge in [0.1, 0.15) is 0 Å². The molecule has 6 heteroatoms. The van der Waals surface area contributed by atoms with Crippen LogP contribution in [0.3, 0.4) is 0 Å². The minimum atomic E-state index is -0.117. The highest BCUT2D eigenvalue weighted by Crippen LogP contribution is 2.10. The Morgan fingerprint density at radius 1 is 1.30 bits per heavy atom. The highest BCUT2D eigenvalue weighted by Gasteiger charge is 2.25. The number of nitrogens with two attached hydrogens (primary N) is 1. The number of hydrogen-bond acceptors (Lipinski definition) is 5. The maximum atomic E-state index is 11.6. The molecule has 1 fully saturated rings. The fourth-order valence-corrected chi connectivity index (χ4v) is 2.75. The largest absolute Gasteiger partial charge is 0.465 e. The third-order valence-electron chi connectivity index (χ3n) is 3.68. The lowest BCUT2D eigenvalue weighted by molar-refractivity contribution is -0.145. The number of carbonyl (C=O) groups excluding carboxylic acids is 1. The summed E-state index contributed by atoms with van der Waals surface area (Å²) in [5, 5.41) is 0. The zero-order valence-corrected chi connectivity index (χ0v) is 13.5. The van der Waals surface area contributed by atoms with Crippen molar-refractivity contribution < 1.29 is 9.53 Å². The van der Waals surface area contributed by atoms with Crippen molar-refractivity contribution in [3.05, 3.63) is 0 Å². The van der Waals surface area contributed by atoms with Gasteiger partial charge in [-0.05, 0) is 12.8 Å². The first-order chi connectivity index (χ1) is 9.58. The number of esters is 1. The molecule has 5 nitrogen and oxygen atoms in total. The lowest BCUT2D eigenvalue weighted by atomic mass is 10.1. The van der Waals surface area contributed by atoms with E-state index in [0.717, 1.165) is 45.4 Å². The molecule has 0 aromatic heterocycles. The zero-order valence-electron chi connectivity index (χ0n) is 12.6. The third kappa shape index (κ3) is 5.73.